The Bertz CT molecular complexity index is 1720. The number of hydrogen-bond donors (Lipinski definition) is 2. The molecule has 2 amide bonds. The quantitative estimate of drug-likeness (QED) is 0.156. The highest BCUT2D eigenvalue weighted by molar-refractivity contribution is 6.03. The van der Waals surface area contributed by atoms with E-state index in [0.29, 0.717) is 41.5 Å². The van der Waals surface area contributed by atoms with E-state index in [9.17, 15) is 19.2 Å². The summed E-state index contributed by atoms with van der Waals surface area (Å²) in [5, 5.41) is 5.26. The van der Waals surface area contributed by atoms with E-state index >= 15 is 0 Å². The number of ether oxygens (including phenoxy) is 2. The molecule has 0 saturated carbocycles. The van der Waals surface area contributed by atoms with E-state index < -0.39 is 5.97 Å². The summed E-state index contributed by atoms with van der Waals surface area (Å²) in [6.45, 7) is 2.87. The minimum Gasteiger partial charge on any atom is -0.456 e. The predicted octanol–water partition coefficient (Wildman–Crippen LogP) is 5.52. The van der Waals surface area contributed by atoms with Crippen LogP contribution in [0.2, 0.25) is 0 Å². The topological polar surface area (TPSA) is 126 Å². The Morgan fingerprint density at radius 2 is 1.37 bits per heavy atom. The number of anilines is 2. The van der Waals surface area contributed by atoms with Crippen molar-refractivity contribution in [2.45, 2.75) is 20.1 Å². The molecular formula is C35H39N5O6. The highest BCUT2D eigenvalue weighted by Gasteiger charge is 2.14. The summed E-state index contributed by atoms with van der Waals surface area (Å²) in [5.74, 6) is -0.612. The third-order valence-electron chi connectivity index (χ3n) is 6.83. The molecule has 0 saturated heterocycles. The lowest BCUT2D eigenvalue weighted by Crippen LogP contribution is -2.15. The first-order valence-electron chi connectivity index (χ1n) is 14.3. The molecule has 5 aromatic rings. The van der Waals surface area contributed by atoms with Crippen molar-refractivity contribution < 1.29 is 28.7 Å². The van der Waals surface area contributed by atoms with Gasteiger partial charge in [-0.15, -0.1) is 0 Å². The van der Waals surface area contributed by atoms with Crippen molar-refractivity contribution in [2.24, 2.45) is 21.1 Å². The summed E-state index contributed by atoms with van der Waals surface area (Å²) >= 11 is 0. The molecule has 11 heteroatoms. The normalized spacial score (nSPS) is 10.0. The number of carbonyl (C=O) groups is 4. The summed E-state index contributed by atoms with van der Waals surface area (Å²) < 4.78 is 15.2. The Labute approximate surface area is 268 Å². The van der Waals surface area contributed by atoms with Gasteiger partial charge in [0.05, 0.1) is 23.7 Å². The number of aryl methyl sites for hydroxylation is 3. The fourth-order valence-corrected chi connectivity index (χ4v) is 4.26. The average molecular weight is 626 g/mol. The van der Waals surface area contributed by atoms with E-state index in [-0.39, 0.29) is 12.5 Å². The van der Waals surface area contributed by atoms with Gasteiger partial charge in [-0.3, -0.25) is 14.4 Å². The van der Waals surface area contributed by atoms with Crippen LogP contribution in [-0.4, -0.2) is 45.4 Å². The van der Waals surface area contributed by atoms with Crippen LogP contribution in [0.3, 0.4) is 0 Å². The van der Waals surface area contributed by atoms with E-state index in [0.717, 1.165) is 17.5 Å². The number of amides is 2. The van der Waals surface area contributed by atoms with Gasteiger partial charge in [-0.05, 0) is 42.3 Å². The van der Waals surface area contributed by atoms with E-state index in [2.05, 4.69) is 10.6 Å². The number of methoxy groups -OCH3 is 1. The lowest BCUT2D eigenvalue weighted by molar-refractivity contribution is -0.105. The SMILES string of the molecule is COCc1ccccc1.Cc1ccc(C(=O)Nc2cc(C=O)n(C)c2)n1C.Cn1cc(NC=O)cc1C(=O)OCc1ccccc1. The van der Waals surface area contributed by atoms with Crippen molar-refractivity contribution in [2.75, 3.05) is 17.7 Å². The molecule has 0 fully saturated rings. The molecule has 3 heterocycles. The third-order valence-corrected chi connectivity index (χ3v) is 6.83. The van der Waals surface area contributed by atoms with Crippen LogP contribution in [0.25, 0.3) is 0 Å². The average Bonchev–Trinajstić information content (AvgIpc) is 3.72. The van der Waals surface area contributed by atoms with Crippen LogP contribution in [0.1, 0.15) is 48.3 Å². The first-order valence-corrected chi connectivity index (χ1v) is 14.3. The number of rotatable bonds is 10. The summed E-state index contributed by atoms with van der Waals surface area (Å²) in [6.07, 6.45) is 4.67. The van der Waals surface area contributed by atoms with E-state index in [4.69, 9.17) is 9.47 Å². The van der Waals surface area contributed by atoms with Crippen molar-refractivity contribution in [3.8, 4) is 0 Å². The zero-order valence-corrected chi connectivity index (χ0v) is 26.6. The molecule has 0 spiro atoms. The first-order chi connectivity index (χ1) is 22.2. The fourth-order valence-electron chi connectivity index (χ4n) is 4.26. The summed E-state index contributed by atoms with van der Waals surface area (Å²) in [7, 11) is 7.01. The molecule has 0 aliphatic heterocycles. The van der Waals surface area contributed by atoms with Crippen LogP contribution in [0.5, 0.6) is 0 Å². The molecule has 240 valence electrons. The molecule has 2 aromatic carbocycles. The van der Waals surface area contributed by atoms with Crippen LogP contribution < -0.4 is 10.6 Å². The molecule has 0 radical (unpaired) electrons. The van der Waals surface area contributed by atoms with Crippen molar-refractivity contribution in [3.63, 3.8) is 0 Å². The van der Waals surface area contributed by atoms with Gasteiger partial charge in [-0.2, -0.15) is 0 Å². The maximum absolute atomic E-state index is 12.0. The van der Waals surface area contributed by atoms with Crippen LogP contribution in [0, 0.1) is 6.92 Å². The highest BCUT2D eigenvalue weighted by Crippen LogP contribution is 2.15. The minimum absolute atomic E-state index is 0.186. The Kier molecular flexibility index (Phi) is 13.3. The van der Waals surface area contributed by atoms with Crippen molar-refractivity contribution in [1.29, 1.82) is 0 Å². The second-order valence-corrected chi connectivity index (χ2v) is 10.2. The van der Waals surface area contributed by atoms with E-state index in [1.165, 1.54) is 5.56 Å². The zero-order valence-electron chi connectivity index (χ0n) is 26.6. The van der Waals surface area contributed by atoms with Gasteiger partial charge in [-0.1, -0.05) is 60.7 Å². The predicted molar refractivity (Wildman–Crippen MR) is 177 cm³/mol. The molecule has 0 aliphatic rings. The molecule has 2 N–H and O–H groups in total. The van der Waals surface area contributed by atoms with Crippen LogP contribution in [0.15, 0.2) is 97.3 Å². The first kappa shape index (κ1) is 34.8. The van der Waals surface area contributed by atoms with E-state index in [1.807, 2.05) is 85.3 Å². The number of nitrogens with one attached hydrogen (secondary N) is 2. The van der Waals surface area contributed by atoms with Crippen molar-refractivity contribution in [1.82, 2.24) is 13.7 Å². The highest BCUT2D eigenvalue weighted by atomic mass is 16.5. The van der Waals surface area contributed by atoms with Gasteiger partial charge >= 0.3 is 5.97 Å². The third kappa shape index (κ3) is 10.2. The second-order valence-electron chi connectivity index (χ2n) is 10.2. The van der Waals surface area contributed by atoms with Crippen LogP contribution in [0.4, 0.5) is 11.4 Å². The van der Waals surface area contributed by atoms with Gasteiger partial charge in [0, 0.05) is 46.3 Å². The molecular weight excluding hydrogens is 586 g/mol. The molecule has 3 aromatic heterocycles. The molecule has 0 bridgehead atoms. The number of carbonyl (C=O) groups excluding carboxylic acids is 4. The van der Waals surface area contributed by atoms with Gasteiger partial charge in [-0.25, -0.2) is 4.79 Å². The van der Waals surface area contributed by atoms with Gasteiger partial charge in [0.1, 0.15) is 18.0 Å². The lowest BCUT2D eigenvalue weighted by Gasteiger charge is -2.05. The molecule has 0 atom stereocenters. The number of hydrogen-bond acceptors (Lipinski definition) is 6. The molecule has 11 nitrogen and oxygen atoms in total. The molecule has 0 unspecified atom stereocenters. The Balaban J connectivity index is 0.000000200. The monoisotopic (exact) mass is 625 g/mol. The number of benzene rings is 2. The fraction of sp³-hybridized carbons (Fsp3) is 0.200. The smallest absolute Gasteiger partial charge is 0.355 e. The Hall–Kier alpha value is -5.68. The van der Waals surface area contributed by atoms with Gasteiger partial charge in [0.2, 0.25) is 6.41 Å². The second kappa shape index (κ2) is 17.6. The lowest BCUT2D eigenvalue weighted by atomic mass is 10.2. The number of aromatic nitrogens is 3. The number of nitrogens with zero attached hydrogens (tertiary/aromatic N) is 3. The van der Waals surface area contributed by atoms with Gasteiger partial charge < -0.3 is 33.8 Å². The Morgan fingerprint density at radius 3 is 1.89 bits per heavy atom. The van der Waals surface area contributed by atoms with Crippen molar-refractivity contribution in [3.05, 3.63) is 131 Å². The van der Waals surface area contributed by atoms with Crippen LogP contribution >= 0.6 is 0 Å². The molecule has 46 heavy (non-hydrogen) atoms. The Morgan fingerprint density at radius 1 is 0.761 bits per heavy atom. The standard InChI is InChI=1S/C14H14N2O3.C13H15N3O2.C8H10O/c1-16-8-12(15-10-17)7-13(16)14(18)19-9-11-5-3-2-4-6-11;1-9-4-5-12(16(9)3)13(18)14-10-6-11(8-17)15(2)7-10;1-9-7-8-5-3-2-4-6-8/h2-8,10H,9H2,1H3,(H,15,17);4-8H,1-3H3,(H,14,18);2-6H,7H2,1H3. The molecule has 0 aliphatic carbocycles. The summed E-state index contributed by atoms with van der Waals surface area (Å²) in [6, 6.07) is 26.4. The molecule has 5 rings (SSSR count). The number of aldehydes is 1. The number of esters is 1. The maximum Gasteiger partial charge on any atom is 0.355 e. The van der Waals surface area contributed by atoms with Gasteiger partial charge in [0.25, 0.3) is 5.91 Å². The maximum atomic E-state index is 12.0. The summed E-state index contributed by atoms with van der Waals surface area (Å²) in [4.78, 5) is 45.0. The van der Waals surface area contributed by atoms with E-state index in [1.54, 1.807) is 60.9 Å². The zero-order chi connectivity index (χ0) is 33.5. The largest absolute Gasteiger partial charge is 0.456 e. The van der Waals surface area contributed by atoms with Crippen molar-refractivity contribution >= 4 is 35.9 Å². The minimum atomic E-state index is -0.426. The van der Waals surface area contributed by atoms with Crippen LogP contribution in [-0.2, 0) is 48.6 Å². The summed E-state index contributed by atoms with van der Waals surface area (Å²) in [5.41, 5.74) is 5.84. The van der Waals surface area contributed by atoms with Gasteiger partial charge in [0.15, 0.2) is 6.29 Å².